The van der Waals surface area contributed by atoms with Crippen molar-refractivity contribution in [3.8, 4) is 0 Å². The van der Waals surface area contributed by atoms with Crippen LogP contribution in [0.2, 0.25) is 0 Å². The van der Waals surface area contributed by atoms with E-state index in [-0.39, 0.29) is 12.0 Å². The van der Waals surface area contributed by atoms with Crippen molar-refractivity contribution in [3.05, 3.63) is 0 Å². The molecule has 0 radical (unpaired) electrons. The first-order valence-electron chi connectivity index (χ1n) is 4.09. The van der Waals surface area contributed by atoms with Crippen molar-refractivity contribution < 1.29 is 14.3 Å². The molecular formula is C8H15NO3. The van der Waals surface area contributed by atoms with E-state index in [0.29, 0.717) is 26.2 Å². The molecule has 1 fully saturated rings. The monoisotopic (exact) mass is 173 g/mol. The Morgan fingerprint density at radius 2 is 2.25 bits per heavy atom. The van der Waals surface area contributed by atoms with E-state index in [4.69, 9.17) is 9.47 Å². The van der Waals surface area contributed by atoms with Crippen LogP contribution in [-0.2, 0) is 14.3 Å². The Hall–Kier alpha value is -0.610. The summed E-state index contributed by atoms with van der Waals surface area (Å²) in [7, 11) is 3.48. The molecule has 0 aliphatic carbocycles. The van der Waals surface area contributed by atoms with E-state index in [2.05, 4.69) is 0 Å². The van der Waals surface area contributed by atoms with Crippen LogP contribution in [-0.4, -0.2) is 50.8 Å². The molecule has 0 N–H and O–H groups in total. The lowest BCUT2D eigenvalue weighted by molar-refractivity contribution is -0.138. The second-order valence-electron chi connectivity index (χ2n) is 3.06. The van der Waals surface area contributed by atoms with Crippen molar-refractivity contribution in [2.75, 3.05) is 33.9 Å². The minimum Gasteiger partial charge on any atom is -0.376 e. The normalized spacial score (nSPS) is 23.7. The molecular weight excluding hydrogens is 158 g/mol. The molecule has 0 aromatic rings. The van der Waals surface area contributed by atoms with Crippen molar-refractivity contribution in [2.45, 2.75) is 12.5 Å². The Kier molecular flexibility index (Phi) is 3.49. The molecule has 4 heteroatoms. The maximum atomic E-state index is 11.2. The van der Waals surface area contributed by atoms with Crippen LogP contribution in [0.5, 0.6) is 0 Å². The first-order valence-corrected chi connectivity index (χ1v) is 4.09. The van der Waals surface area contributed by atoms with E-state index < -0.39 is 0 Å². The van der Waals surface area contributed by atoms with Gasteiger partial charge >= 0.3 is 0 Å². The average molecular weight is 173 g/mol. The standard InChI is InChI=1S/C8H15NO3/c1-9(2)8(10)5-7-6-11-3-4-12-7/h7H,3-6H2,1-2H3. The molecule has 1 aliphatic rings. The molecule has 4 nitrogen and oxygen atoms in total. The quantitative estimate of drug-likeness (QED) is 0.584. The molecule has 1 heterocycles. The summed E-state index contributed by atoms with van der Waals surface area (Å²) in [6, 6.07) is 0. The van der Waals surface area contributed by atoms with Gasteiger partial charge in [-0.3, -0.25) is 4.79 Å². The summed E-state index contributed by atoms with van der Waals surface area (Å²) in [5.41, 5.74) is 0. The number of nitrogens with zero attached hydrogens (tertiary/aromatic N) is 1. The van der Waals surface area contributed by atoms with E-state index in [1.807, 2.05) is 0 Å². The van der Waals surface area contributed by atoms with Crippen molar-refractivity contribution in [3.63, 3.8) is 0 Å². The first kappa shape index (κ1) is 9.48. The van der Waals surface area contributed by atoms with E-state index in [1.54, 1.807) is 19.0 Å². The van der Waals surface area contributed by atoms with Gasteiger partial charge in [0.2, 0.25) is 5.91 Å². The first-order chi connectivity index (χ1) is 5.70. The molecule has 1 rings (SSSR count). The molecule has 1 saturated heterocycles. The second kappa shape index (κ2) is 4.42. The fourth-order valence-electron chi connectivity index (χ4n) is 1.03. The van der Waals surface area contributed by atoms with Crippen molar-refractivity contribution >= 4 is 5.91 Å². The number of amides is 1. The number of carbonyl (C=O) groups is 1. The number of hydrogen-bond donors (Lipinski definition) is 0. The van der Waals surface area contributed by atoms with Crippen molar-refractivity contribution in [1.29, 1.82) is 0 Å². The van der Waals surface area contributed by atoms with Gasteiger partial charge in [-0.15, -0.1) is 0 Å². The van der Waals surface area contributed by atoms with Gasteiger partial charge in [0.05, 0.1) is 32.3 Å². The average Bonchev–Trinajstić information content (AvgIpc) is 2.06. The zero-order chi connectivity index (χ0) is 8.97. The molecule has 1 atom stereocenters. The van der Waals surface area contributed by atoms with Crippen LogP contribution >= 0.6 is 0 Å². The van der Waals surface area contributed by atoms with Gasteiger partial charge in [-0.1, -0.05) is 0 Å². The highest BCUT2D eigenvalue weighted by Crippen LogP contribution is 2.05. The number of hydrogen-bond acceptors (Lipinski definition) is 3. The van der Waals surface area contributed by atoms with Crippen molar-refractivity contribution in [1.82, 2.24) is 4.90 Å². The van der Waals surface area contributed by atoms with Gasteiger partial charge in [0.15, 0.2) is 0 Å². The molecule has 1 unspecified atom stereocenters. The summed E-state index contributed by atoms with van der Waals surface area (Å²) >= 11 is 0. The fraction of sp³-hybridized carbons (Fsp3) is 0.875. The minimum atomic E-state index is -0.0475. The summed E-state index contributed by atoms with van der Waals surface area (Å²) < 4.78 is 10.5. The third-order valence-electron chi connectivity index (χ3n) is 1.79. The number of carbonyl (C=O) groups excluding carboxylic acids is 1. The molecule has 0 aromatic heterocycles. The van der Waals surface area contributed by atoms with Crippen LogP contribution in [0, 0.1) is 0 Å². The lowest BCUT2D eigenvalue weighted by atomic mass is 10.2. The molecule has 0 bridgehead atoms. The molecule has 1 aliphatic heterocycles. The third-order valence-corrected chi connectivity index (χ3v) is 1.79. The SMILES string of the molecule is CN(C)C(=O)CC1COCCO1. The maximum Gasteiger partial charge on any atom is 0.224 e. The number of rotatable bonds is 2. The Labute approximate surface area is 72.4 Å². The Morgan fingerprint density at radius 1 is 1.50 bits per heavy atom. The summed E-state index contributed by atoms with van der Waals surface area (Å²) in [6.45, 7) is 1.79. The van der Waals surface area contributed by atoms with Gasteiger partial charge in [0, 0.05) is 14.1 Å². The van der Waals surface area contributed by atoms with Crippen LogP contribution in [0.15, 0.2) is 0 Å². The highest BCUT2D eigenvalue weighted by atomic mass is 16.6. The summed E-state index contributed by atoms with van der Waals surface area (Å²) in [4.78, 5) is 12.8. The number of ether oxygens (including phenoxy) is 2. The summed E-state index contributed by atoms with van der Waals surface area (Å²) in [6.07, 6.45) is 0.376. The molecule has 0 aromatic carbocycles. The van der Waals surface area contributed by atoms with Gasteiger partial charge in [-0.25, -0.2) is 0 Å². The van der Waals surface area contributed by atoms with E-state index >= 15 is 0 Å². The van der Waals surface area contributed by atoms with Gasteiger partial charge < -0.3 is 14.4 Å². The Bertz CT molecular complexity index is 152. The van der Waals surface area contributed by atoms with Gasteiger partial charge in [0.25, 0.3) is 0 Å². The molecule has 70 valence electrons. The Morgan fingerprint density at radius 3 is 2.75 bits per heavy atom. The highest BCUT2D eigenvalue weighted by Gasteiger charge is 2.18. The van der Waals surface area contributed by atoms with Gasteiger partial charge in [-0.05, 0) is 0 Å². The Balaban J connectivity index is 2.24. The minimum absolute atomic E-state index is 0.0475. The summed E-state index contributed by atoms with van der Waals surface area (Å²) in [5.74, 6) is 0.0884. The molecule has 12 heavy (non-hydrogen) atoms. The van der Waals surface area contributed by atoms with Crippen LogP contribution in [0.25, 0.3) is 0 Å². The van der Waals surface area contributed by atoms with Gasteiger partial charge in [-0.2, -0.15) is 0 Å². The van der Waals surface area contributed by atoms with Crippen LogP contribution < -0.4 is 0 Å². The lowest BCUT2D eigenvalue weighted by Gasteiger charge is -2.23. The molecule has 0 saturated carbocycles. The molecule has 0 spiro atoms. The predicted octanol–water partition coefficient (Wildman–Crippen LogP) is -0.120. The van der Waals surface area contributed by atoms with E-state index in [9.17, 15) is 4.79 Å². The third kappa shape index (κ3) is 2.79. The topological polar surface area (TPSA) is 38.8 Å². The smallest absolute Gasteiger partial charge is 0.224 e. The van der Waals surface area contributed by atoms with E-state index in [0.717, 1.165) is 0 Å². The zero-order valence-corrected chi connectivity index (χ0v) is 7.58. The second-order valence-corrected chi connectivity index (χ2v) is 3.06. The fourth-order valence-corrected chi connectivity index (χ4v) is 1.03. The van der Waals surface area contributed by atoms with Crippen LogP contribution in [0.4, 0.5) is 0 Å². The van der Waals surface area contributed by atoms with Crippen molar-refractivity contribution in [2.24, 2.45) is 0 Å². The van der Waals surface area contributed by atoms with Crippen LogP contribution in [0.3, 0.4) is 0 Å². The predicted molar refractivity (Wildman–Crippen MR) is 43.9 cm³/mol. The zero-order valence-electron chi connectivity index (χ0n) is 7.58. The van der Waals surface area contributed by atoms with Crippen LogP contribution in [0.1, 0.15) is 6.42 Å². The highest BCUT2D eigenvalue weighted by molar-refractivity contribution is 5.76. The lowest BCUT2D eigenvalue weighted by Crippen LogP contribution is -2.34. The molecule has 1 amide bonds. The summed E-state index contributed by atoms with van der Waals surface area (Å²) in [5, 5.41) is 0. The maximum absolute atomic E-state index is 11.2. The van der Waals surface area contributed by atoms with E-state index in [1.165, 1.54) is 0 Å². The largest absolute Gasteiger partial charge is 0.376 e. The van der Waals surface area contributed by atoms with Gasteiger partial charge in [0.1, 0.15) is 0 Å².